The molecule has 2 N–H and O–H groups in total. The van der Waals surface area contributed by atoms with Gasteiger partial charge in [-0.15, -0.1) is 11.3 Å². The maximum Gasteiger partial charge on any atom is 0.419 e. The first kappa shape index (κ1) is 28.6. The molecule has 0 unspecified atom stereocenters. The van der Waals surface area contributed by atoms with E-state index in [4.69, 9.17) is 4.74 Å². The van der Waals surface area contributed by atoms with Crippen molar-refractivity contribution in [1.82, 2.24) is 0 Å². The van der Waals surface area contributed by atoms with E-state index < -0.39 is 46.8 Å². The van der Waals surface area contributed by atoms with E-state index in [9.17, 15) is 40.3 Å². The van der Waals surface area contributed by atoms with Gasteiger partial charge in [0.1, 0.15) is 16.4 Å². The highest BCUT2D eigenvalue weighted by Crippen LogP contribution is 2.41. The number of carbonyl (C=O) groups excluding carboxylic acids is 2. The van der Waals surface area contributed by atoms with Crippen LogP contribution < -0.4 is 15.4 Å². The second-order valence-corrected chi connectivity index (χ2v) is 10.3. The Bertz CT molecular complexity index is 1600. The van der Waals surface area contributed by atoms with Crippen LogP contribution in [0.15, 0.2) is 54.6 Å². The Hall–Kier alpha value is -3.40. The minimum atomic E-state index is -5.04. The van der Waals surface area contributed by atoms with Gasteiger partial charge in [0.2, 0.25) is 0 Å². The molecule has 0 bridgehead atoms. The number of fused-ring (bicyclic) bond motifs is 1. The summed E-state index contributed by atoms with van der Waals surface area (Å²) in [6.45, 7) is 0. The van der Waals surface area contributed by atoms with E-state index in [1.165, 1.54) is 19.2 Å². The molecule has 3 aromatic carbocycles. The molecule has 1 heterocycles. The third-order valence-electron chi connectivity index (χ3n) is 5.40. The first-order valence-corrected chi connectivity index (χ1v) is 12.6. The van der Waals surface area contributed by atoms with Crippen molar-refractivity contribution in [3.8, 4) is 5.75 Å². The van der Waals surface area contributed by atoms with Gasteiger partial charge in [0, 0.05) is 19.3 Å². The zero-order valence-electron chi connectivity index (χ0n) is 19.4. The van der Waals surface area contributed by atoms with E-state index in [2.05, 4.69) is 10.6 Å². The highest BCUT2D eigenvalue weighted by atomic mass is 127. The van der Waals surface area contributed by atoms with Gasteiger partial charge in [0.05, 0.1) is 29.5 Å². The maximum absolute atomic E-state index is 13.7. The van der Waals surface area contributed by atoms with Gasteiger partial charge in [0.25, 0.3) is 11.8 Å². The molecule has 4 aromatic rings. The smallest absolute Gasteiger partial charge is 0.419 e. The summed E-state index contributed by atoms with van der Waals surface area (Å²) < 4.78 is 98.8. The number of thiophene rings is 1. The number of amides is 2. The fourth-order valence-corrected chi connectivity index (χ4v) is 5.19. The molecule has 0 radical (unpaired) electrons. The Balaban J connectivity index is 1.79. The molecule has 1 aromatic heterocycles. The molecule has 2 amide bonds. The van der Waals surface area contributed by atoms with E-state index in [-0.39, 0.29) is 32.0 Å². The van der Waals surface area contributed by atoms with E-state index in [0.717, 1.165) is 24.3 Å². The van der Waals surface area contributed by atoms with Crippen LogP contribution in [-0.2, 0) is 12.4 Å². The standard InChI is InChI=1S/C25H14F7IN2O3S/c1-38-18-7-3-12(33)9-15(18)22(36)35-20-14-5-2-11(24(27,28)29)8-19(14)39-21(20)23(37)34-13-4-6-17(26)16(10-13)25(30,31)32/h2-10H,1H3,(H,34,37)(H,35,36). The summed E-state index contributed by atoms with van der Waals surface area (Å²) in [4.78, 5) is 26.0. The number of ether oxygens (including phenoxy) is 1. The molecule has 204 valence electrons. The lowest BCUT2D eigenvalue weighted by molar-refractivity contribution is -0.140. The maximum atomic E-state index is 13.7. The molecule has 5 nitrogen and oxygen atoms in total. The molecule has 39 heavy (non-hydrogen) atoms. The number of nitrogens with one attached hydrogen (secondary N) is 2. The van der Waals surface area contributed by atoms with Crippen molar-refractivity contribution in [3.05, 3.63) is 85.6 Å². The third-order valence-corrected chi connectivity index (χ3v) is 7.22. The second-order valence-electron chi connectivity index (χ2n) is 7.96. The monoisotopic (exact) mass is 682 g/mol. The largest absolute Gasteiger partial charge is 0.496 e. The number of halogens is 8. The highest BCUT2D eigenvalue weighted by Gasteiger charge is 2.35. The summed E-state index contributed by atoms with van der Waals surface area (Å²) in [6.07, 6.45) is -9.73. The first-order chi connectivity index (χ1) is 18.2. The van der Waals surface area contributed by atoms with Crippen LogP contribution in [0.25, 0.3) is 10.1 Å². The van der Waals surface area contributed by atoms with Gasteiger partial charge in [-0.3, -0.25) is 9.59 Å². The van der Waals surface area contributed by atoms with Crippen molar-refractivity contribution >= 4 is 67.2 Å². The molecule has 4 rings (SSSR count). The number of hydrogen-bond acceptors (Lipinski definition) is 4. The van der Waals surface area contributed by atoms with Gasteiger partial charge in [-0.25, -0.2) is 4.39 Å². The molecular formula is C25H14F7IN2O3S. The average Bonchev–Trinajstić information content (AvgIpc) is 3.21. The van der Waals surface area contributed by atoms with Gasteiger partial charge in [-0.05, 0) is 71.1 Å². The fraction of sp³-hybridized carbons (Fsp3) is 0.120. The zero-order valence-corrected chi connectivity index (χ0v) is 22.3. The van der Waals surface area contributed by atoms with E-state index in [0.29, 0.717) is 27.0 Å². The topological polar surface area (TPSA) is 67.4 Å². The Morgan fingerprint density at radius 2 is 1.59 bits per heavy atom. The molecule has 0 saturated heterocycles. The lowest BCUT2D eigenvalue weighted by atomic mass is 10.1. The minimum absolute atomic E-state index is 0.0185. The van der Waals surface area contributed by atoms with Crippen molar-refractivity contribution in [3.63, 3.8) is 0 Å². The third kappa shape index (κ3) is 6.11. The summed E-state index contributed by atoms with van der Waals surface area (Å²) >= 11 is 2.54. The van der Waals surface area contributed by atoms with Gasteiger partial charge in [-0.2, -0.15) is 26.3 Å². The van der Waals surface area contributed by atoms with Crippen molar-refractivity contribution < 1.29 is 45.1 Å². The van der Waals surface area contributed by atoms with Crippen molar-refractivity contribution in [2.24, 2.45) is 0 Å². The fourth-order valence-electron chi connectivity index (χ4n) is 3.60. The molecule has 0 aliphatic carbocycles. The predicted octanol–water partition coefficient (Wildman–Crippen LogP) is 8.20. The molecular weight excluding hydrogens is 668 g/mol. The Labute approximate surface area is 233 Å². The summed E-state index contributed by atoms with van der Waals surface area (Å²) in [5.74, 6) is -3.15. The van der Waals surface area contributed by atoms with Gasteiger partial charge < -0.3 is 15.4 Å². The molecule has 0 aliphatic heterocycles. The summed E-state index contributed by atoms with van der Waals surface area (Å²) in [5.41, 5.74) is -3.14. The molecule has 0 atom stereocenters. The Morgan fingerprint density at radius 3 is 2.23 bits per heavy atom. The highest BCUT2D eigenvalue weighted by molar-refractivity contribution is 14.1. The first-order valence-electron chi connectivity index (χ1n) is 10.7. The van der Waals surface area contributed by atoms with Crippen LogP contribution in [0.4, 0.5) is 42.1 Å². The van der Waals surface area contributed by atoms with Crippen molar-refractivity contribution in [2.45, 2.75) is 12.4 Å². The molecule has 0 aliphatic rings. The zero-order chi connectivity index (χ0) is 28.7. The summed E-state index contributed by atoms with van der Waals surface area (Å²) in [7, 11) is 1.33. The lowest BCUT2D eigenvalue weighted by Gasteiger charge is -2.13. The number of methoxy groups -OCH3 is 1. The number of alkyl halides is 6. The average molecular weight is 682 g/mol. The molecule has 0 saturated carbocycles. The normalized spacial score (nSPS) is 11.9. The number of carbonyl (C=O) groups is 2. The second kappa shape index (κ2) is 10.6. The van der Waals surface area contributed by atoms with Crippen molar-refractivity contribution in [1.29, 1.82) is 0 Å². The van der Waals surface area contributed by atoms with Crippen LogP contribution >= 0.6 is 33.9 Å². The van der Waals surface area contributed by atoms with Crippen LogP contribution in [-0.4, -0.2) is 18.9 Å². The number of rotatable bonds is 5. The predicted molar refractivity (Wildman–Crippen MR) is 140 cm³/mol. The number of benzene rings is 3. The van der Waals surface area contributed by atoms with Crippen LogP contribution in [0.1, 0.15) is 31.2 Å². The SMILES string of the molecule is COc1ccc(I)cc1C(=O)Nc1c(C(=O)Nc2ccc(F)c(C(F)(F)F)c2)sc2cc(C(F)(F)F)ccc12. The van der Waals surface area contributed by atoms with E-state index in [1.807, 2.05) is 22.6 Å². The van der Waals surface area contributed by atoms with Crippen LogP contribution in [0.3, 0.4) is 0 Å². The summed E-state index contributed by atoms with van der Waals surface area (Å²) in [5, 5.41) is 4.81. The van der Waals surface area contributed by atoms with Gasteiger partial charge >= 0.3 is 12.4 Å². The van der Waals surface area contributed by atoms with Crippen LogP contribution in [0.2, 0.25) is 0 Å². The number of hydrogen-bond donors (Lipinski definition) is 2. The Morgan fingerprint density at radius 1 is 0.872 bits per heavy atom. The van der Waals surface area contributed by atoms with E-state index >= 15 is 0 Å². The van der Waals surface area contributed by atoms with Gasteiger partial charge in [0.15, 0.2) is 0 Å². The minimum Gasteiger partial charge on any atom is -0.496 e. The molecule has 0 fully saturated rings. The molecule has 0 spiro atoms. The van der Waals surface area contributed by atoms with Crippen molar-refractivity contribution in [2.75, 3.05) is 17.7 Å². The lowest BCUT2D eigenvalue weighted by Crippen LogP contribution is -2.18. The van der Waals surface area contributed by atoms with Crippen LogP contribution in [0.5, 0.6) is 5.75 Å². The quantitative estimate of drug-likeness (QED) is 0.165. The Kier molecular flexibility index (Phi) is 7.80. The van der Waals surface area contributed by atoms with E-state index in [1.54, 1.807) is 6.07 Å². The van der Waals surface area contributed by atoms with Crippen LogP contribution in [0, 0.1) is 9.39 Å². The number of anilines is 2. The summed E-state index contributed by atoms with van der Waals surface area (Å²) in [6, 6.07) is 9.12. The molecule has 14 heteroatoms. The van der Waals surface area contributed by atoms with Gasteiger partial charge in [-0.1, -0.05) is 6.07 Å².